The Morgan fingerprint density at radius 1 is 1.10 bits per heavy atom. The van der Waals surface area contributed by atoms with Gasteiger partial charge in [0, 0.05) is 32.9 Å². The summed E-state index contributed by atoms with van der Waals surface area (Å²) >= 11 is 0. The lowest BCUT2D eigenvalue weighted by Gasteiger charge is -2.31. The lowest BCUT2D eigenvalue weighted by molar-refractivity contribution is -0.115. The maximum Gasteiger partial charge on any atom is 0.230 e. The highest BCUT2D eigenvalue weighted by atomic mass is 16.5. The molecule has 0 bridgehead atoms. The molecule has 5 rings (SSSR count). The molecule has 0 atom stereocenters. The van der Waals surface area contributed by atoms with Crippen molar-refractivity contribution in [2.45, 2.75) is 58.6 Å². The molecule has 10 nitrogen and oxygen atoms in total. The number of rotatable bonds is 10. The minimum absolute atomic E-state index is 0.105. The molecule has 0 radical (unpaired) electrons. The first-order valence-electron chi connectivity index (χ1n) is 14.4. The summed E-state index contributed by atoms with van der Waals surface area (Å²) in [5.41, 5.74) is 3.10. The van der Waals surface area contributed by atoms with Crippen molar-refractivity contribution in [2.24, 2.45) is 0 Å². The van der Waals surface area contributed by atoms with Crippen molar-refractivity contribution in [1.82, 2.24) is 24.6 Å². The fraction of sp³-hybridized carbons (Fsp3) is 0.438. The predicted molar refractivity (Wildman–Crippen MR) is 162 cm³/mol. The normalized spacial score (nSPS) is 14.7. The zero-order chi connectivity index (χ0) is 29.7. The van der Waals surface area contributed by atoms with Crippen LogP contribution in [0.4, 0.5) is 5.69 Å². The third kappa shape index (κ3) is 7.43. The first-order chi connectivity index (χ1) is 20.2. The number of piperidine rings is 1. The Hall–Kier alpha value is -4.02. The third-order valence-corrected chi connectivity index (χ3v) is 7.38. The first-order valence-corrected chi connectivity index (χ1v) is 14.4. The van der Waals surface area contributed by atoms with Crippen molar-refractivity contribution >= 4 is 22.5 Å². The molecule has 3 heterocycles. The number of carbonyl (C=O) groups excluding carboxylic acids is 1. The molecule has 10 heteroatoms. The topological polar surface area (TPSA) is 104 Å². The van der Waals surface area contributed by atoms with Crippen LogP contribution < -0.4 is 14.8 Å². The number of benzene rings is 2. The number of nitrogens with zero attached hydrogens (tertiary/aromatic N) is 5. The van der Waals surface area contributed by atoms with Crippen LogP contribution in [0, 0.1) is 6.92 Å². The van der Waals surface area contributed by atoms with E-state index in [0.29, 0.717) is 17.3 Å². The summed E-state index contributed by atoms with van der Waals surface area (Å²) in [5, 5.41) is 8.06. The molecule has 2 aromatic carbocycles. The van der Waals surface area contributed by atoms with Crippen molar-refractivity contribution in [1.29, 1.82) is 0 Å². The number of anilines is 1. The van der Waals surface area contributed by atoms with Gasteiger partial charge in [-0.3, -0.25) is 9.48 Å². The van der Waals surface area contributed by atoms with Gasteiger partial charge in [-0.15, -0.1) is 0 Å². The molecule has 1 N–H and O–H groups in total. The average Bonchev–Trinajstić information content (AvgIpc) is 3.43. The molecule has 42 heavy (non-hydrogen) atoms. The number of nitrogens with one attached hydrogen (secondary N) is 1. The fourth-order valence-electron chi connectivity index (χ4n) is 5.02. The number of carbonyl (C=O) groups is 1. The second-order valence-electron chi connectivity index (χ2n) is 11.8. The monoisotopic (exact) mass is 572 g/mol. The van der Waals surface area contributed by atoms with Crippen LogP contribution in [0.25, 0.3) is 10.9 Å². The van der Waals surface area contributed by atoms with Gasteiger partial charge < -0.3 is 24.4 Å². The number of hydrogen-bond donors (Lipinski definition) is 1. The molecule has 4 aromatic rings. The largest absolute Gasteiger partial charge is 0.490 e. The summed E-state index contributed by atoms with van der Waals surface area (Å²) in [5.74, 6) is 1.81. The molecule has 0 saturated carbocycles. The predicted octanol–water partition coefficient (Wildman–Crippen LogP) is 5.35. The smallest absolute Gasteiger partial charge is 0.230 e. The number of amides is 1. The molecule has 1 saturated heterocycles. The Kier molecular flexibility index (Phi) is 9.03. The minimum atomic E-state index is -0.151. The molecule has 0 aliphatic carbocycles. The summed E-state index contributed by atoms with van der Waals surface area (Å²) in [6, 6.07) is 11.6. The van der Waals surface area contributed by atoms with Crippen LogP contribution in [0.1, 0.15) is 44.7 Å². The minimum Gasteiger partial charge on any atom is -0.490 e. The molecule has 0 spiro atoms. The van der Waals surface area contributed by atoms with E-state index in [4.69, 9.17) is 14.2 Å². The van der Waals surface area contributed by atoms with Crippen LogP contribution in [-0.2, 0) is 21.5 Å². The molecule has 2 aromatic heterocycles. The molecule has 1 aliphatic rings. The first kappa shape index (κ1) is 29.5. The quantitative estimate of drug-likeness (QED) is 0.271. The number of methoxy groups -OCH3 is 1. The lowest BCUT2D eigenvalue weighted by Crippen LogP contribution is -2.39. The molecule has 1 aliphatic heterocycles. The van der Waals surface area contributed by atoms with Crippen LogP contribution in [0.2, 0.25) is 0 Å². The van der Waals surface area contributed by atoms with Gasteiger partial charge >= 0.3 is 0 Å². The molecule has 0 unspecified atom stereocenters. The van der Waals surface area contributed by atoms with Gasteiger partial charge in [-0.2, -0.15) is 5.10 Å². The van der Waals surface area contributed by atoms with Gasteiger partial charge in [0.15, 0.2) is 0 Å². The highest BCUT2D eigenvalue weighted by molar-refractivity contribution is 5.92. The van der Waals surface area contributed by atoms with Crippen LogP contribution in [-0.4, -0.2) is 70.0 Å². The van der Waals surface area contributed by atoms with Gasteiger partial charge in [0.05, 0.1) is 41.4 Å². The molecule has 1 amide bonds. The summed E-state index contributed by atoms with van der Waals surface area (Å²) < 4.78 is 19.7. The molecular formula is C32H40N6O4. The van der Waals surface area contributed by atoms with E-state index in [2.05, 4.69) is 46.1 Å². The summed E-state index contributed by atoms with van der Waals surface area (Å²) in [6.07, 6.45) is 7.36. The highest BCUT2D eigenvalue weighted by Gasteiger charge is 2.21. The number of hydrogen-bond acceptors (Lipinski definition) is 8. The van der Waals surface area contributed by atoms with Gasteiger partial charge in [-0.1, -0.05) is 12.1 Å². The number of aromatic nitrogens is 4. The zero-order valence-electron chi connectivity index (χ0n) is 25.1. The van der Waals surface area contributed by atoms with E-state index in [1.54, 1.807) is 13.3 Å². The van der Waals surface area contributed by atoms with Gasteiger partial charge in [-0.05, 0) is 75.9 Å². The van der Waals surface area contributed by atoms with E-state index in [-0.39, 0.29) is 24.0 Å². The standard InChI is InChI=1S/C32H40N6O4/c1-22-16-23(17-30(39)36-24-19-35-38(20-24)32(2,3)4)6-9-29(22)42-31-27-18-26(7-8-28(27)33-21-34-31)41-25-10-12-37(13-11-25)14-15-40-5/h6-9,16,18-21,25H,10-15,17H2,1-5H3,(H,36,39). The SMILES string of the molecule is COCCN1CCC(Oc2ccc3ncnc(Oc4ccc(CC(=O)Nc5cnn(C(C)(C)C)c5)cc4C)c3c2)CC1. The number of fused-ring (bicyclic) bond motifs is 1. The second-order valence-corrected chi connectivity index (χ2v) is 11.8. The van der Waals surface area contributed by atoms with Gasteiger partial charge in [0.1, 0.15) is 23.9 Å². The van der Waals surface area contributed by atoms with E-state index in [0.717, 1.165) is 66.9 Å². The van der Waals surface area contributed by atoms with Crippen molar-refractivity contribution in [2.75, 3.05) is 38.7 Å². The maximum atomic E-state index is 12.7. The maximum absolute atomic E-state index is 12.7. The van der Waals surface area contributed by atoms with Crippen LogP contribution in [0.5, 0.6) is 17.4 Å². The van der Waals surface area contributed by atoms with Crippen molar-refractivity contribution in [3.05, 3.63) is 66.2 Å². The Bertz CT molecular complexity index is 1520. The second kappa shape index (κ2) is 12.9. The number of likely N-dealkylation sites (tertiary alicyclic amines) is 1. The van der Waals surface area contributed by atoms with E-state index in [1.807, 2.05) is 54.2 Å². The Morgan fingerprint density at radius 2 is 1.90 bits per heavy atom. The van der Waals surface area contributed by atoms with Crippen molar-refractivity contribution < 1.29 is 19.0 Å². The van der Waals surface area contributed by atoms with E-state index < -0.39 is 0 Å². The van der Waals surface area contributed by atoms with Crippen molar-refractivity contribution in [3.8, 4) is 17.4 Å². The van der Waals surface area contributed by atoms with Gasteiger partial charge in [0.2, 0.25) is 11.8 Å². The van der Waals surface area contributed by atoms with Crippen LogP contribution in [0.15, 0.2) is 55.1 Å². The molecule has 222 valence electrons. The molecular weight excluding hydrogens is 532 g/mol. The zero-order valence-corrected chi connectivity index (χ0v) is 25.1. The Labute approximate surface area is 247 Å². The number of ether oxygens (including phenoxy) is 3. The van der Waals surface area contributed by atoms with E-state index in [9.17, 15) is 4.79 Å². The summed E-state index contributed by atoms with van der Waals surface area (Å²) in [6.45, 7) is 11.8. The van der Waals surface area contributed by atoms with Crippen LogP contribution in [0.3, 0.4) is 0 Å². The fourth-order valence-corrected chi connectivity index (χ4v) is 5.02. The van der Waals surface area contributed by atoms with E-state index >= 15 is 0 Å². The lowest BCUT2D eigenvalue weighted by atomic mass is 10.1. The number of aryl methyl sites for hydroxylation is 1. The van der Waals surface area contributed by atoms with Gasteiger partial charge in [0.25, 0.3) is 0 Å². The molecule has 1 fully saturated rings. The average molecular weight is 573 g/mol. The highest BCUT2D eigenvalue weighted by Crippen LogP contribution is 2.32. The summed E-state index contributed by atoms with van der Waals surface area (Å²) in [4.78, 5) is 23.9. The third-order valence-electron chi connectivity index (χ3n) is 7.38. The van der Waals surface area contributed by atoms with E-state index in [1.165, 1.54) is 6.33 Å². The summed E-state index contributed by atoms with van der Waals surface area (Å²) in [7, 11) is 1.74. The van der Waals surface area contributed by atoms with Crippen molar-refractivity contribution in [3.63, 3.8) is 0 Å². The van der Waals surface area contributed by atoms with Gasteiger partial charge in [-0.25, -0.2) is 9.97 Å². The Morgan fingerprint density at radius 3 is 2.62 bits per heavy atom. The Balaban J connectivity index is 1.23. The van der Waals surface area contributed by atoms with Crippen LogP contribution >= 0.6 is 0 Å².